The van der Waals surface area contributed by atoms with Crippen LogP contribution in [0.3, 0.4) is 0 Å². The maximum atomic E-state index is 12.5. The van der Waals surface area contributed by atoms with Crippen LogP contribution in [0.2, 0.25) is 0 Å². The van der Waals surface area contributed by atoms with Crippen LogP contribution in [-0.2, 0) is 6.54 Å². The standard InChI is InChI=1S/C13H17F3N2O/c1-8-5-12(19-9(2)13(14,15)16)10(6-17-8)7-18-11-3-4-11/h5-6,9,11,18H,3-4,7H2,1-2H3. The zero-order chi connectivity index (χ0) is 14.0. The second-order valence-corrected chi connectivity index (χ2v) is 4.89. The fourth-order valence-corrected chi connectivity index (χ4v) is 1.60. The van der Waals surface area contributed by atoms with Crippen LogP contribution in [0, 0.1) is 6.92 Å². The van der Waals surface area contributed by atoms with Crippen LogP contribution in [0.1, 0.15) is 31.0 Å². The van der Waals surface area contributed by atoms with Crippen molar-refractivity contribution in [1.29, 1.82) is 0 Å². The molecule has 6 heteroatoms. The molecule has 0 aromatic carbocycles. The van der Waals surface area contributed by atoms with Crippen LogP contribution in [0.15, 0.2) is 12.3 Å². The molecule has 1 unspecified atom stereocenters. The molecule has 1 N–H and O–H groups in total. The van der Waals surface area contributed by atoms with Crippen molar-refractivity contribution in [2.45, 2.75) is 51.6 Å². The van der Waals surface area contributed by atoms with E-state index in [9.17, 15) is 13.2 Å². The average molecular weight is 274 g/mol. The third kappa shape index (κ3) is 4.09. The first kappa shape index (κ1) is 14.1. The number of halogens is 3. The molecule has 1 atom stereocenters. The van der Waals surface area contributed by atoms with Gasteiger partial charge in [0.1, 0.15) is 5.75 Å². The van der Waals surface area contributed by atoms with Gasteiger partial charge in [0, 0.05) is 36.1 Å². The van der Waals surface area contributed by atoms with Gasteiger partial charge in [-0.3, -0.25) is 4.98 Å². The summed E-state index contributed by atoms with van der Waals surface area (Å²) in [5.41, 5.74) is 1.30. The maximum absolute atomic E-state index is 12.5. The minimum Gasteiger partial charge on any atom is -0.481 e. The van der Waals surface area contributed by atoms with Crippen LogP contribution in [0.4, 0.5) is 13.2 Å². The number of ether oxygens (including phenoxy) is 1. The smallest absolute Gasteiger partial charge is 0.425 e. The van der Waals surface area contributed by atoms with E-state index in [2.05, 4.69) is 10.3 Å². The fraction of sp³-hybridized carbons (Fsp3) is 0.615. The number of pyridine rings is 1. The molecule has 0 amide bonds. The van der Waals surface area contributed by atoms with Crippen LogP contribution in [0.5, 0.6) is 5.75 Å². The van der Waals surface area contributed by atoms with E-state index < -0.39 is 12.3 Å². The lowest BCUT2D eigenvalue weighted by molar-refractivity contribution is -0.189. The van der Waals surface area contributed by atoms with E-state index in [1.807, 2.05) is 0 Å². The normalized spacial score (nSPS) is 17.3. The quantitative estimate of drug-likeness (QED) is 0.896. The molecule has 1 fully saturated rings. The summed E-state index contributed by atoms with van der Waals surface area (Å²) in [5, 5.41) is 3.24. The van der Waals surface area contributed by atoms with Gasteiger partial charge >= 0.3 is 6.18 Å². The van der Waals surface area contributed by atoms with E-state index in [0.717, 1.165) is 19.8 Å². The van der Waals surface area contributed by atoms with Gasteiger partial charge < -0.3 is 10.1 Å². The zero-order valence-corrected chi connectivity index (χ0v) is 10.9. The van der Waals surface area contributed by atoms with Gasteiger partial charge in [-0.05, 0) is 26.7 Å². The Morgan fingerprint density at radius 3 is 2.74 bits per heavy atom. The Balaban J connectivity index is 2.09. The molecule has 19 heavy (non-hydrogen) atoms. The summed E-state index contributed by atoms with van der Waals surface area (Å²) in [5.74, 6) is 0.255. The highest BCUT2D eigenvalue weighted by Crippen LogP contribution is 2.28. The van der Waals surface area contributed by atoms with E-state index >= 15 is 0 Å². The topological polar surface area (TPSA) is 34.1 Å². The maximum Gasteiger partial charge on any atom is 0.425 e. The lowest BCUT2D eigenvalue weighted by Gasteiger charge is -2.20. The van der Waals surface area contributed by atoms with Crippen molar-refractivity contribution < 1.29 is 17.9 Å². The van der Waals surface area contributed by atoms with Crippen molar-refractivity contribution in [1.82, 2.24) is 10.3 Å². The molecule has 1 aromatic heterocycles. The predicted molar refractivity (Wildman–Crippen MR) is 65.0 cm³/mol. The molecule has 1 heterocycles. The third-order valence-corrected chi connectivity index (χ3v) is 3.00. The molecule has 1 saturated carbocycles. The van der Waals surface area contributed by atoms with Crippen LogP contribution in [-0.4, -0.2) is 23.3 Å². The van der Waals surface area contributed by atoms with Gasteiger partial charge in [-0.1, -0.05) is 0 Å². The summed E-state index contributed by atoms with van der Waals surface area (Å²) >= 11 is 0. The number of nitrogens with zero attached hydrogens (tertiary/aromatic N) is 1. The molecule has 0 spiro atoms. The van der Waals surface area contributed by atoms with Crippen LogP contribution < -0.4 is 10.1 Å². The van der Waals surface area contributed by atoms with Gasteiger partial charge in [0.15, 0.2) is 6.10 Å². The highest BCUT2D eigenvalue weighted by atomic mass is 19.4. The Kier molecular flexibility index (Phi) is 3.99. The van der Waals surface area contributed by atoms with Crippen LogP contribution in [0.25, 0.3) is 0 Å². The number of aryl methyl sites for hydroxylation is 1. The van der Waals surface area contributed by atoms with Crippen molar-refractivity contribution in [3.05, 3.63) is 23.5 Å². The molecular formula is C13H17F3N2O. The molecule has 1 aliphatic carbocycles. The molecule has 0 aliphatic heterocycles. The minimum absolute atomic E-state index is 0.255. The second kappa shape index (κ2) is 5.36. The molecule has 106 valence electrons. The largest absolute Gasteiger partial charge is 0.481 e. The Morgan fingerprint density at radius 2 is 2.16 bits per heavy atom. The van der Waals surface area contributed by atoms with E-state index in [1.165, 1.54) is 0 Å². The first-order valence-electron chi connectivity index (χ1n) is 6.28. The van der Waals surface area contributed by atoms with Gasteiger partial charge in [-0.15, -0.1) is 0 Å². The van der Waals surface area contributed by atoms with Crippen molar-refractivity contribution in [2.24, 2.45) is 0 Å². The van der Waals surface area contributed by atoms with Gasteiger partial charge in [0.2, 0.25) is 0 Å². The zero-order valence-electron chi connectivity index (χ0n) is 10.9. The number of hydrogen-bond donors (Lipinski definition) is 1. The number of hydrogen-bond acceptors (Lipinski definition) is 3. The fourth-order valence-electron chi connectivity index (χ4n) is 1.60. The molecule has 0 radical (unpaired) electrons. The average Bonchev–Trinajstić information content (AvgIpc) is 3.10. The Morgan fingerprint density at radius 1 is 1.47 bits per heavy atom. The van der Waals surface area contributed by atoms with Crippen molar-refractivity contribution in [3.63, 3.8) is 0 Å². The highest BCUT2D eigenvalue weighted by Gasteiger charge is 2.38. The van der Waals surface area contributed by atoms with Crippen LogP contribution >= 0.6 is 0 Å². The summed E-state index contributed by atoms with van der Waals surface area (Å²) in [6.45, 7) is 3.22. The SMILES string of the molecule is Cc1cc(OC(C)C(F)(F)F)c(CNC2CC2)cn1. The van der Waals surface area contributed by atoms with Crippen molar-refractivity contribution in [3.8, 4) is 5.75 Å². The Hall–Kier alpha value is -1.30. The Bertz CT molecular complexity index is 444. The highest BCUT2D eigenvalue weighted by molar-refractivity contribution is 5.33. The molecule has 1 aromatic rings. The molecule has 0 bridgehead atoms. The molecular weight excluding hydrogens is 257 g/mol. The molecule has 0 saturated heterocycles. The number of alkyl halides is 3. The Labute approximate surface area is 110 Å². The van der Waals surface area contributed by atoms with Crippen molar-refractivity contribution in [2.75, 3.05) is 0 Å². The monoisotopic (exact) mass is 274 g/mol. The summed E-state index contributed by atoms with van der Waals surface area (Å²) in [4.78, 5) is 4.11. The third-order valence-electron chi connectivity index (χ3n) is 3.00. The molecule has 2 rings (SSSR count). The van der Waals surface area contributed by atoms with Gasteiger partial charge in [0.25, 0.3) is 0 Å². The van der Waals surface area contributed by atoms with E-state index in [-0.39, 0.29) is 5.75 Å². The number of nitrogens with one attached hydrogen (secondary N) is 1. The van der Waals surface area contributed by atoms with Gasteiger partial charge in [-0.2, -0.15) is 13.2 Å². The molecule has 1 aliphatic rings. The lowest BCUT2D eigenvalue weighted by Crippen LogP contribution is -2.31. The number of rotatable bonds is 5. The summed E-state index contributed by atoms with van der Waals surface area (Å²) < 4.78 is 42.6. The summed E-state index contributed by atoms with van der Waals surface area (Å²) in [6.07, 6.45) is -2.38. The van der Waals surface area contributed by atoms with E-state index in [0.29, 0.717) is 23.8 Å². The first-order chi connectivity index (χ1) is 8.86. The molecule has 3 nitrogen and oxygen atoms in total. The summed E-state index contributed by atoms with van der Waals surface area (Å²) in [7, 11) is 0. The minimum atomic E-state index is -4.36. The van der Waals surface area contributed by atoms with E-state index in [1.54, 1.807) is 19.2 Å². The van der Waals surface area contributed by atoms with Gasteiger partial charge in [0.05, 0.1) is 0 Å². The van der Waals surface area contributed by atoms with Crippen molar-refractivity contribution >= 4 is 0 Å². The first-order valence-corrected chi connectivity index (χ1v) is 6.28. The van der Waals surface area contributed by atoms with Gasteiger partial charge in [-0.25, -0.2) is 0 Å². The summed E-state index contributed by atoms with van der Waals surface area (Å²) in [6, 6.07) is 2.03. The second-order valence-electron chi connectivity index (χ2n) is 4.89. The lowest BCUT2D eigenvalue weighted by atomic mass is 10.2. The predicted octanol–water partition coefficient (Wildman–Crippen LogP) is 2.97. The van der Waals surface area contributed by atoms with E-state index in [4.69, 9.17) is 4.74 Å². The number of aromatic nitrogens is 1.